The fraction of sp³-hybridized carbons (Fsp3) is 0.200. The number of rotatable bonds is 5. The Balaban J connectivity index is 1.53. The molecule has 0 bridgehead atoms. The maximum atomic E-state index is 13.6. The number of para-hydroxylation sites is 1. The second kappa shape index (κ2) is 8.01. The smallest absolute Gasteiger partial charge is 0.266 e. The SMILES string of the molecule is CCOc1ccc(N2C(=O)[C@@H]3[C@@H](c4ccc(O)cc4)N(c4ccccc4)O[C@H]3C2=O)cc1. The van der Waals surface area contributed by atoms with Gasteiger partial charge >= 0.3 is 0 Å². The van der Waals surface area contributed by atoms with Gasteiger partial charge in [-0.15, -0.1) is 0 Å². The Kier molecular flexibility index (Phi) is 5.03. The number of hydrogen-bond donors (Lipinski definition) is 1. The number of imide groups is 1. The van der Waals surface area contributed by atoms with Crippen molar-refractivity contribution in [3.63, 3.8) is 0 Å². The molecule has 2 heterocycles. The van der Waals surface area contributed by atoms with Crippen LogP contribution in [-0.2, 0) is 14.4 Å². The maximum absolute atomic E-state index is 13.6. The second-order valence-electron chi connectivity index (χ2n) is 7.69. The topological polar surface area (TPSA) is 79.3 Å². The molecular formula is C25H22N2O5. The number of carbonyl (C=O) groups is 2. The average molecular weight is 430 g/mol. The van der Waals surface area contributed by atoms with E-state index in [0.717, 1.165) is 11.3 Å². The highest BCUT2D eigenvalue weighted by Gasteiger charge is 2.60. The third-order valence-electron chi connectivity index (χ3n) is 5.77. The lowest BCUT2D eigenvalue weighted by Crippen LogP contribution is -2.37. The molecule has 2 amide bonds. The molecular weight excluding hydrogens is 408 g/mol. The van der Waals surface area contributed by atoms with Gasteiger partial charge in [-0.2, -0.15) is 0 Å². The van der Waals surface area contributed by atoms with Crippen LogP contribution in [0, 0.1) is 5.92 Å². The molecule has 0 radical (unpaired) electrons. The van der Waals surface area contributed by atoms with Crippen molar-refractivity contribution in [2.75, 3.05) is 16.6 Å². The van der Waals surface area contributed by atoms with E-state index in [0.29, 0.717) is 18.0 Å². The average Bonchev–Trinajstić information content (AvgIpc) is 3.32. The zero-order chi connectivity index (χ0) is 22.2. The molecule has 3 aromatic rings. The van der Waals surface area contributed by atoms with E-state index in [1.165, 1.54) is 4.90 Å². The van der Waals surface area contributed by atoms with Crippen LogP contribution in [0.4, 0.5) is 11.4 Å². The summed E-state index contributed by atoms with van der Waals surface area (Å²) in [6.45, 7) is 2.42. The first-order valence-electron chi connectivity index (χ1n) is 10.5. The number of nitrogens with zero attached hydrogens (tertiary/aromatic N) is 2. The number of ether oxygens (including phenoxy) is 1. The van der Waals surface area contributed by atoms with Crippen LogP contribution < -0.4 is 14.7 Å². The molecule has 32 heavy (non-hydrogen) atoms. The van der Waals surface area contributed by atoms with Crippen LogP contribution in [0.3, 0.4) is 0 Å². The summed E-state index contributed by atoms with van der Waals surface area (Å²) in [4.78, 5) is 34.1. The molecule has 2 aliphatic rings. The van der Waals surface area contributed by atoms with Crippen LogP contribution in [0.25, 0.3) is 0 Å². The number of hydroxylamine groups is 1. The number of anilines is 2. The first-order valence-corrected chi connectivity index (χ1v) is 10.5. The van der Waals surface area contributed by atoms with Crippen LogP contribution in [0.2, 0.25) is 0 Å². The number of phenolic OH excluding ortho intramolecular Hbond substituents is 1. The van der Waals surface area contributed by atoms with Crippen molar-refractivity contribution < 1.29 is 24.3 Å². The van der Waals surface area contributed by atoms with Crippen molar-refractivity contribution in [3.05, 3.63) is 84.4 Å². The van der Waals surface area contributed by atoms with Crippen LogP contribution >= 0.6 is 0 Å². The van der Waals surface area contributed by atoms with E-state index < -0.39 is 24.0 Å². The summed E-state index contributed by atoms with van der Waals surface area (Å²) in [5.74, 6) is -0.643. The summed E-state index contributed by atoms with van der Waals surface area (Å²) in [5, 5.41) is 11.4. The number of aromatic hydroxyl groups is 1. The minimum atomic E-state index is -0.937. The van der Waals surface area contributed by atoms with Gasteiger partial charge in [-0.05, 0) is 61.0 Å². The second-order valence-corrected chi connectivity index (χ2v) is 7.69. The molecule has 3 atom stereocenters. The number of benzene rings is 3. The van der Waals surface area contributed by atoms with E-state index >= 15 is 0 Å². The fourth-order valence-electron chi connectivity index (χ4n) is 4.34. The molecule has 2 fully saturated rings. The first kappa shape index (κ1) is 20.1. The number of carbonyl (C=O) groups excluding carboxylic acids is 2. The van der Waals surface area contributed by atoms with Gasteiger partial charge in [-0.1, -0.05) is 30.3 Å². The minimum absolute atomic E-state index is 0.125. The molecule has 2 saturated heterocycles. The lowest BCUT2D eigenvalue weighted by molar-refractivity contribution is -0.126. The largest absolute Gasteiger partial charge is 0.508 e. The van der Waals surface area contributed by atoms with E-state index in [1.54, 1.807) is 53.6 Å². The Morgan fingerprint density at radius 1 is 0.875 bits per heavy atom. The summed E-state index contributed by atoms with van der Waals surface area (Å²) in [6.07, 6.45) is -0.937. The van der Waals surface area contributed by atoms with E-state index in [9.17, 15) is 14.7 Å². The Morgan fingerprint density at radius 3 is 2.22 bits per heavy atom. The first-order chi connectivity index (χ1) is 15.6. The quantitative estimate of drug-likeness (QED) is 0.620. The third kappa shape index (κ3) is 3.27. The summed E-state index contributed by atoms with van der Waals surface area (Å²) >= 11 is 0. The van der Waals surface area contributed by atoms with Gasteiger partial charge < -0.3 is 9.84 Å². The number of hydrogen-bond acceptors (Lipinski definition) is 6. The lowest BCUT2D eigenvalue weighted by atomic mass is 9.90. The normalized spacial score (nSPS) is 22.3. The van der Waals surface area contributed by atoms with Gasteiger partial charge in [0.1, 0.15) is 17.4 Å². The molecule has 5 rings (SSSR count). The van der Waals surface area contributed by atoms with Gasteiger partial charge in [0, 0.05) is 0 Å². The highest BCUT2D eigenvalue weighted by molar-refractivity contribution is 6.23. The monoisotopic (exact) mass is 430 g/mol. The van der Waals surface area contributed by atoms with Crippen molar-refractivity contribution in [1.82, 2.24) is 0 Å². The highest BCUT2D eigenvalue weighted by Crippen LogP contribution is 2.47. The van der Waals surface area contributed by atoms with Gasteiger partial charge in [0.15, 0.2) is 6.10 Å². The Morgan fingerprint density at radius 2 is 1.56 bits per heavy atom. The highest BCUT2D eigenvalue weighted by atomic mass is 16.7. The fourth-order valence-corrected chi connectivity index (χ4v) is 4.34. The molecule has 3 aromatic carbocycles. The third-order valence-corrected chi connectivity index (χ3v) is 5.77. The predicted molar refractivity (Wildman–Crippen MR) is 118 cm³/mol. The molecule has 2 aliphatic heterocycles. The van der Waals surface area contributed by atoms with Crippen LogP contribution in [0.1, 0.15) is 18.5 Å². The van der Waals surface area contributed by atoms with Crippen LogP contribution in [0.15, 0.2) is 78.9 Å². The van der Waals surface area contributed by atoms with Gasteiger partial charge in [0.05, 0.1) is 24.0 Å². The van der Waals surface area contributed by atoms with E-state index in [4.69, 9.17) is 9.57 Å². The van der Waals surface area contributed by atoms with E-state index in [1.807, 2.05) is 37.3 Å². The Labute approximate surface area is 185 Å². The summed E-state index contributed by atoms with van der Waals surface area (Å²) in [7, 11) is 0. The van der Waals surface area contributed by atoms with Crippen molar-refractivity contribution in [2.24, 2.45) is 5.92 Å². The van der Waals surface area contributed by atoms with Gasteiger partial charge in [0.2, 0.25) is 5.91 Å². The van der Waals surface area contributed by atoms with E-state index in [-0.39, 0.29) is 11.7 Å². The van der Waals surface area contributed by atoms with Gasteiger partial charge in [0.25, 0.3) is 5.91 Å². The zero-order valence-corrected chi connectivity index (χ0v) is 17.4. The molecule has 0 aliphatic carbocycles. The minimum Gasteiger partial charge on any atom is -0.508 e. The summed E-state index contributed by atoms with van der Waals surface area (Å²) in [6, 6.07) is 22.4. The predicted octanol–water partition coefficient (Wildman–Crippen LogP) is 3.84. The molecule has 0 spiro atoms. The molecule has 0 aromatic heterocycles. The van der Waals surface area contributed by atoms with Crippen molar-refractivity contribution in [2.45, 2.75) is 19.1 Å². The summed E-state index contributed by atoms with van der Waals surface area (Å²) < 4.78 is 5.46. The number of phenols is 1. The molecule has 1 N–H and O–H groups in total. The van der Waals surface area contributed by atoms with E-state index in [2.05, 4.69) is 0 Å². The lowest BCUT2D eigenvalue weighted by Gasteiger charge is -2.28. The molecule has 7 heteroatoms. The number of amides is 2. The van der Waals surface area contributed by atoms with Crippen molar-refractivity contribution >= 4 is 23.2 Å². The molecule has 0 unspecified atom stereocenters. The molecule has 162 valence electrons. The van der Waals surface area contributed by atoms with Crippen molar-refractivity contribution in [3.8, 4) is 11.5 Å². The zero-order valence-electron chi connectivity index (χ0n) is 17.4. The number of fused-ring (bicyclic) bond motifs is 1. The van der Waals surface area contributed by atoms with Gasteiger partial charge in [-0.25, -0.2) is 9.96 Å². The summed E-state index contributed by atoms with van der Waals surface area (Å²) in [5.41, 5.74) is 2.00. The molecule has 7 nitrogen and oxygen atoms in total. The van der Waals surface area contributed by atoms with Gasteiger partial charge in [-0.3, -0.25) is 14.4 Å². The maximum Gasteiger partial charge on any atom is 0.266 e. The molecule has 0 saturated carbocycles. The Bertz CT molecular complexity index is 1130. The standard InChI is InChI=1S/C25H22N2O5/c1-2-31-20-14-10-17(11-15-20)26-24(29)21-22(16-8-12-19(28)13-9-16)27(32-23(21)25(26)30)18-6-4-3-5-7-18/h3-15,21-23,28H,2H2,1H3/t21-,22-,23-/m1/s1. The van der Waals surface area contributed by atoms with Crippen molar-refractivity contribution in [1.29, 1.82) is 0 Å². The Hall–Kier alpha value is -3.84. The van der Waals surface area contributed by atoms with Crippen LogP contribution in [-0.4, -0.2) is 29.6 Å². The van der Waals surface area contributed by atoms with Crippen LogP contribution in [0.5, 0.6) is 11.5 Å².